The molecule has 1 rings (SSSR count). The van der Waals surface area contributed by atoms with Gasteiger partial charge in [0, 0.05) is 24.2 Å². The molecule has 0 saturated heterocycles. The Morgan fingerprint density at radius 3 is 2.67 bits per heavy atom. The molecule has 0 fully saturated rings. The number of hydrogen-bond donors (Lipinski definition) is 1. The number of nitrogens with zero attached hydrogens (tertiary/aromatic N) is 1. The van der Waals surface area contributed by atoms with E-state index in [9.17, 15) is 14.5 Å². The number of nitrogens with one attached hydrogen (secondary N) is 1. The molecule has 0 saturated carbocycles. The number of rotatable bonds is 5. The molecule has 1 N–H and O–H groups in total. The van der Waals surface area contributed by atoms with Gasteiger partial charge in [0.2, 0.25) is 0 Å². The van der Waals surface area contributed by atoms with E-state index in [-0.39, 0.29) is 23.6 Å². The molecule has 0 heterocycles. The molecule has 5 nitrogen and oxygen atoms in total. The predicted molar refractivity (Wildman–Crippen MR) is 66.3 cm³/mol. The first kappa shape index (κ1) is 14.4. The third kappa shape index (κ3) is 4.67. The molecular formula is C12H17FN2O3. The highest BCUT2D eigenvalue weighted by Crippen LogP contribution is 2.27. The van der Waals surface area contributed by atoms with Crippen LogP contribution in [0.4, 0.5) is 10.1 Å². The van der Waals surface area contributed by atoms with Crippen LogP contribution < -0.4 is 10.1 Å². The number of nitro groups is 1. The molecule has 1 aromatic carbocycles. The van der Waals surface area contributed by atoms with Crippen molar-refractivity contribution in [2.24, 2.45) is 0 Å². The quantitative estimate of drug-likeness (QED) is 0.499. The van der Waals surface area contributed by atoms with Gasteiger partial charge in [-0.25, -0.2) is 4.39 Å². The maximum atomic E-state index is 13.0. The molecule has 0 aromatic heterocycles. The molecule has 1 aromatic rings. The largest absolute Gasteiger partial charge is 0.485 e. The number of halogens is 1. The summed E-state index contributed by atoms with van der Waals surface area (Å²) in [6.45, 7) is 6.76. The Morgan fingerprint density at radius 2 is 2.11 bits per heavy atom. The SMILES string of the molecule is CC(C)(C)NCCOc1cc(F)ccc1[N+](=O)[O-]. The third-order valence-electron chi connectivity index (χ3n) is 2.13. The van der Waals surface area contributed by atoms with Gasteiger partial charge in [0.05, 0.1) is 4.92 Å². The van der Waals surface area contributed by atoms with Gasteiger partial charge in [0.25, 0.3) is 0 Å². The van der Waals surface area contributed by atoms with Crippen LogP contribution in [0.25, 0.3) is 0 Å². The molecule has 0 aliphatic heterocycles. The molecule has 100 valence electrons. The van der Waals surface area contributed by atoms with Gasteiger partial charge in [-0.2, -0.15) is 0 Å². The Hall–Kier alpha value is -1.69. The second-order valence-corrected chi connectivity index (χ2v) is 4.89. The van der Waals surface area contributed by atoms with E-state index in [4.69, 9.17) is 4.74 Å². The zero-order valence-electron chi connectivity index (χ0n) is 10.7. The van der Waals surface area contributed by atoms with Crippen LogP contribution in [0, 0.1) is 15.9 Å². The maximum absolute atomic E-state index is 13.0. The van der Waals surface area contributed by atoms with E-state index in [0.717, 1.165) is 18.2 Å². The van der Waals surface area contributed by atoms with Gasteiger partial charge in [-0.15, -0.1) is 0 Å². The standard InChI is InChI=1S/C12H17FN2O3/c1-12(2,3)14-6-7-18-11-8-9(13)4-5-10(11)15(16)17/h4-5,8,14H,6-7H2,1-3H3. The summed E-state index contributed by atoms with van der Waals surface area (Å²) >= 11 is 0. The molecule has 0 unspecified atom stereocenters. The van der Waals surface area contributed by atoms with Crippen molar-refractivity contribution in [1.29, 1.82) is 0 Å². The Bertz CT molecular complexity index is 430. The minimum Gasteiger partial charge on any atom is -0.485 e. The van der Waals surface area contributed by atoms with Crippen LogP contribution in [-0.2, 0) is 0 Å². The molecule has 0 spiro atoms. The normalized spacial score (nSPS) is 11.3. The van der Waals surface area contributed by atoms with Gasteiger partial charge in [-0.3, -0.25) is 10.1 Å². The summed E-state index contributed by atoms with van der Waals surface area (Å²) in [4.78, 5) is 10.1. The first-order valence-electron chi connectivity index (χ1n) is 5.61. The molecule has 0 atom stereocenters. The second kappa shape index (κ2) is 5.77. The van der Waals surface area contributed by atoms with Gasteiger partial charge in [0.1, 0.15) is 12.4 Å². The van der Waals surface area contributed by atoms with Crippen LogP contribution in [0.3, 0.4) is 0 Å². The molecule has 18 heavy (non-hydrogen) atoms. The Labute approximate surface area is 105 Å². The lowest BCUT2D eigenvalue weighted by molar-refractivity contribution is -0.385. The smallest absolute Gasteiger partial charge is 0.311 e. The van der Waals surface area contributed by atoms with Crippen molar-refractivity contribution < 1.29 is 14.1 Å². The first-order chi connectivity index (χ1) is 8.29. The molecule has 0 bridgehead atoms. The molecule has 6 heteroatoms. The van der Waals surface area contributed by atoms with E-state index in [0.29, 0.717) is 6.54 Å². The van der Waals surface area contributed by atoms with Crippen molar-refractivity contribution in [2.75, 3.05) is 13.2 Å². The lowest BCUT2D eigenvalue weighted by Gasteiger charge is -2.20. The van der Waals surface area contributed by atoms with Crippen LogP contribution in [0.2, 0.25) is 0 Å². The third-order valence-corrected chi connectivity index (χ3v) is 2.13. The fourth-order valence-corrected chi connectivity index (χ4v) is 1.34. The van der Waals surface area contributed by atoms with Crippen LogP contribution in [0.5, 0.6) is 5.75 Å². The summed E-state index contributed by atoms with van der Waals surface area (Å²) in [6, 6.07) is 3.16. The highest BCUT2D eigenvalue weighted by Gasteiger charge is 2.16. The van der Waals surface area contributed by atoms with Gasteiger partial charge >= 0.3 is 5.69 Å². The second-order valence-electron chi connectivity index (χ2n) is 4.89. The van der Waals surface area contributed by atoms with E-state index in [1.54, 1.807) is 0 Å². The minimum absolute atomic E-state index is 0.0456. The zero-order chi connectivity index (χ0) is 13.8. The Morgan fingerprint density at radius 1 is 1.44 bits per heavy atom. The van der Waals surface area contributed by atoms with Gasteiger partial charge in [-0.05, 0) is 26.8 Å². The van der Waals surface area contributed by atoms with Crippen molar-refractivity contribution in [1.82, 2.24) is 5.32 Å². The van der Waals surface area contributed by atoms with Crippen LogP contribution in [0.1, 0.15) is 20.8 Å². The number of benzene rings is 1. The van der Waals surface area contributed by atoms with Gasteiger partial charge < -0.3 is 10.1 Å². The van der Waals surface area contributed by atoms with Crippen LogP contribution >= 0.6 is 0 Å². The number of ether oxygens (including phenoxy) is 1. The number of nitro benzene ring substituents is 1. The van der Waals surface area contributed by atoms with Crippen molar-refractivity contribution in [2.45, 2.75) is 26.3 Å². The van der Waals surface area contributed by atoms with E-state index in [1.807, 2.05) is 20.8 Å². The monoisotopic (exact) mass is 256 g/mol. The number of hydrogen-bond acceptors (Lipinski definition) is 4. The van der Waals surface area contributed by atoms with Gasteiger partial charge in [0.15, 0.2) is 5.75 Å². The first-order valence-corrected chi connectivity index (χ1v) is 5.61. The summed E-state index contributed by atoms with van der Waals surface area (Å²) in [5.74, 6) is -0.602. The highest BCUT2D eigenvalue weighted by atomic mass is 19.1. The van der Waals surface area contributed by atoms with Crippen molar-refractivity contribution in [3.8, 4) is 5.75 Å². The van der Waals surface area contributed by atoms with E-state index >= 15 is 0 Å². The Kier molecular flexibility index (Phi) is 4.61. The van der Waals surface area contributed by atoms with Crippen LogP contribution in [0.15, 0.2) is 18.2 Å². The fraction of sp³-hybridized carbons (Fsp3) is 0.500. The maximum Gasteiger partial charge on any atom is 0.311 e. The predicted octanol–water partition coefficient (Wildman–Crippen LogP) is 2.50. The van der Waals surface area contributed by atoms with Crippen molar-refractivity contribution in [3.63, 3.8) is 0 Å². The molecule has 0 amide bonds. The van der Waals surface area contributed by atoms with Crippen molar-refractivity contribution in [3.05, 3.63) is 34.1 Å². The van der Waals surface area contributed by atoms with E-state index in [2.05, 4.69) is 5.32 Å². The zero-order valence-corrected chi connectivity index (χ0v) is 10.7. The fourth-order valence-electron chi connectivity index (χ4n) is 1.34. The lowest BCUT2D eigenvalue weighted by atomic mass is 10.1. The topological polar surface area (TPSA) is 64.4 Å². The molecule has 0 radical (unpaired) electrons. The molecule has 0 aliphatic carbocycles. The average Bonchev–Trinajstić information content (AvgIpc) is 2.22. The highest BCUT2D eigenvalue weighted by molar-refractivity contribution is 5.46. The van der Waals surface area contributed by atoms with Crippen LogP contribution in [-0.4, -0.2) is 23.6 Å². The molecule has 0 aliphatic rings. The summed E-state index contributed by atoms with van der Waals surface area (Å²) < 4.78 is 18.2. The van der Waals surface area contributed by atoms with E-state index in [1.165, 1.54) is 0 Å². The lowest BCUT2D eigenvalue weighted by Crippen LogP contribution is -2.38. The summed E-state index contributed by atoms with van der Waals surface area (Å²) in [6.07, 6.45) is 0. The average molecular weight is 256 g/mol. The summed E-state index contributed by atoms with van der Waals surface area (Å²) in [5.41, 5.74) is -0.288. The summed E-state index contributed by atoms with van der Waals surface area (Å²) in [5, 5.41) is 13.9. The minimum atomic E-state index is -0.591. The molecular weight excluding hydrogens is 239 g/mol. The Balaban J connectivity index is 2.61. The van der Waals surface area contributed by atoms with Gasteiger partial charge in [-0.1, -0.05) is 0 Å². The van der Waals surface area contributed by atoms with E-state index < -0.39 is 10.7 Å². The summed E-state index contributed by atoms with van der Waals surface area (Å²) in [7, 11) is 0. The van der Waals surface area contributed by atoms with Crippen molar-refractivity contribution >= 4 is 5.69 Å².